The molecule has 84 valence electrons. The Hall–Kier alpha value is -2.16. The van der Waals surface area contributed by atoms with Crippen molar-refractivity contribution in [2.45, 2.75) is 13.3 Å². The van der Waals surface area contributed by atoms with Gasteiger partial charge in [0.2, 0.25) is 11.6 Å². The van der Waals surface area contributed by atoms with Crippen LogP contribution < -0.4 is 0 Å². The lowest BCUT2D eigenvalue weighted by molar-refractivity contribution is 0.0814. The molecule has 0 amide bonds. The summed E-state index contributed by atoms with van der Waals surface area (Å²) in [6.45, 7) is 1.93. The molecule has 0 saturated carbocycles. The third-order valence-electron chi connectivity index (χ3n) is 3.10. The third kappa shape index (κ3) is 1.22. The van der Waals surface area contributed by atoms with E-state index in [9.17, 15) is 9.59 Å². The first kappa shape index (κ1) is 10.0. The Morgan fingerprint density at radius 3 is 2.47 bits per heavy atom. The van der Waals surface area contributed by atoms with E-state index in [1.807, 2.05) is 13.0 Å². The molecule has 0 unspecified atom stereocenters. The molecular weight excluding hydrogens is 216 g/mol. The summed E-state index contributed by atoms with van der Waals surface area (Å²) in [5, 5.41) is 0. The van der Waals surface area contributed by atoms with Crippen LogP contribution in [0.1, 0.15) is 33.2 Å². The molecule has 1 heterocycles. The first-order valence-corrected chi connectivity index (χ1v) is 5.52. The molecule has 0 N–H and O–H groups in total. The van der Waals surface area contributed by atoms with Gasteiger partial charge in [-0.05, 0) is 6.42 Å². The number of hydrogen-bond donors (Lipinski definition) is 0. The number of fused-ring (bicyclic) bond motifs is 3. The molecular formula is C14H10O3. The highest BCUT2D eigenvalue weighted by Crippen LogP contribution is 2.36. The van der Waals surface area contributed by atoms with E-state index in [1.165, 1.54) is 0 Å². The van der Waals surface area contributed by atoms with Gasteiger partial charge in [0.15, 0.2) is 0 Å². The Morgan fingerprint density at radius 1 is 1.06 bits per heavy atom. The number of rotatable bonds is 1. The highest BCUT2D eigenvalue weighted by Gasteiger charge is 2.34. The zero-order chi connectivity index (χ0) is 12.0. The van der Waals surface area contributed by atoms with E-state index >= 15 is 0 Å². The number of carbonyl (C=O) groups excluding carboxylic acids is 2. The van der Waals surface area contributed by atoms with Gasteiger partial charge in [-0.3, -0.25) is 9.59 Å². The van der Waals surface area contributed by atoms with Crippen LogP contribution in [0.2, 0.25) is 0 Å². The van der Waals surface area contributed by atoms with Crippen molar-refractivity contribution in [2.24, 2.45) is 0 Å². The van der Waals surface area contributed by atoms with E-state index < -0.39 is 11.6 Å². The average molecular weight is 226 g/mol. The first-order valence-electron chi connectivity index (χ1n) is 5.52. The second-order valence-corrected chi connectivity index (χ2v) is 4.02. The Kier molecular flexibility index (Phi) is 2.01. The molecule has 0 saturated heterocycles. The molecule has 0 atom stereocenters. The van der Waals surface area contributed by atoms with E-state index in [0.717, 1.165) is 5.56 Å². The molecule has 1 aliphatic carbocycles. The summed E-state index contributed by atoms with van der Waals surface area (Å²) in [6, 6.07) is 7.05. The van der Waals surface area contributed by atoms with Gasteiger partial charge in [0.1, 0.15) is 5.76 Å². The van der Waals surface area contributed by atoms with E-state index in [1.54, 1.807) is 24.5 Å². The van der Waals surface area contributed by atoms with Crippen LogP contribution in [0.5, 0.6) is 0 Å². The van der Waals surface area contributed by atoms with Crippen LogP contribution in [-0.4, -0.2) is 11.6 Å². The minimum absolute atomic E-state index is 0.432. The second-order valence-electron chi connectivity index (χ2n) is 4.02. The molecule has 3 rings (SSSR count). The van der Waals surface area contributed by atoms with Crippen LogP contribution in [0.3, 0.4) is 0 Å². The minimum atomic E-state index is -0.454. The molecule has 0 bridgehead atoms. The molecule has 0 aliphatic heterocycles. The van der Waals surface area contributed by atoms with Crippen molar-refractivity contribution < 1.29 is 14.0 Å². The van der Waals surface area contributed by atoms with E-state index in [0.29, 0.717) is 28.9 Å². The summed E-state index contributed by atoms with van der Waals surface area (Å²) in [6.07, 6.45) is 2.25. The monoisotopic (exact) mass is 226 g/mol. The number of carbonyl (C=O) groups is 2. The summed E-state index contributed by atoms with van der Waals surface area (Å²) < 4.78 is 5.45. The van der Waals surface area contributed by atoms with Crippen molar-refractivity contribution in [1.82, 2.24) is 0 Å². The SMILES string of the molecule is CCc1coc2c1C(=O)C(=O)c1ccccc1-2. The number of benzene rings is 1. The van der Waals surface area contributed by atoms with Gasteiger partial charge in [0.05, 0.1) is 11.8 Å². The number of ketones is 2. The lowest BCUT2D eigenvalue weighted by Gasteiger charge is -2.13. The first-order chi connectivity index (χ1) is 8.24. The summed E-state index contributed by atoms with van der Waals surface area (Å²) >= 11 is 0. The van der Waals surface area contributed by atoms with Gasteiger partial charge in [-0.15, -0.1) is 0 Å². The maximum absolute atomic E-state index is 12.0. The number of Topliss-reactive ketones (excluding diaryl/α,β-unsaturated/α-hetero) is 2. The third-order valence-corrected chi connectivity index (χ3v) is 3.10. The van der Waals surface area contributed by atoms with Gasteiger partial charge in [-0.2, -0.15) is 0 Å². The fourth-order valence-electron chi connectivity index (χ4n) is 2.22. The molecule has 17 heavy (non-hydrogen) atoms. The van der Waals surface area contributed by atoms with E-state index in [4.69, 9.17) is 4.42 Å². The Labute approximate surface area is 98.1 Å². The highest BCUT2D eigenvalue weighted by molar-refractivity contribution is 6.53. The van der Waals surface area contributed by atoms with Crippen LogP contribution in [-0.2, 0) is 6.42 Å². The van der Waals surface area contributed by atoms with Crippen molar-refractivity contribution in [3.05, 3.63) is 47.2 Å². The van der Waals surface area contributed by atoms with Crippen molar-refractivity contribution >= 4 is 11.6 Å². The quantitative estimate of drug-likeness (QED) is 0.702. The number of hydrogen-bond acceptors (Lipinski definition) is 3. The second kappa shape index (κ2) is 3.42. The molecule has 2 aromatic rings. The van der Waals surface area contributed by atoms with Gasteiger partial charge < -0.3 is 4.42 Å². The van der Waals surface area contributed by atoms with Gasteiger partial charge in [0, 0.05) is 16.7 Å². The molecule has 0 radical (unpaired) electrons. The van der Waals surface area contributed by atoms with Crippen LogP contribution in [0.25, 0.3) is 11.3 Å². The molecule has 3 heteroatoms. The fourth-order valence-corrected chi connectivity index (χ4v) is 2.22. The average Bonchev–Trinajstić information content (AvgIpc) is 2.80. The molecule has 1 aromatic carbocycles. The number of furan rings is 1. The minimum Gasteiger partial charge on any atom is -0.463 e. The van der Waals surface area contributed by atoms with Crippen LogP contribution in [0.4, 0.5) is 0 Å². The fraction of sp³-hybridized carbons (Fsp3) is 0.143. The summed E-state index contributed by atoms with van der Waals surface area (Å²) in [5.41, 5.74) is 2.39. The lowest BCUT2D eigenvalue weighted by Crippen LogP contribution is -2.21. The zero-order valence-corrected chi connectivity index (χ0v) is 9.32. The maximum atomic E-state index is 12.0. The Morgan fingerprint density at radius 2 is 1.76 bits per heavy atom. The predicted molar refractivity (Wildman–Crippen MR) is 62.2 cm³/mol. The van der Waals surface area contributed by atoms with Crippen molar-refractivity contribution in [3.8, 4) is 11.3 Å². The van der Waals surface area contributed by atoms with Gasteiger partial charge in [0.25, 0.3) is 0 Å². The Bertz CT molecular complexity index is 635. The van der Waals surface area contributed by atoms with Crippen LogP contribution in [0.15, 0.2) is 34.9 Å². The van der Waals surface area contributed by atoms with Crippen LogP contribution >= 0.6 is 0 Å². The Balaban J connectivity index is 2.37. The largest absolute Gasteiger partial charge is 0.463 e. The molecule has 1 aromatic heterocycles. The zero-order valence-electron chi connectivity index (χ0n) is 9.32. The predicted octanol–water partition coefficient (Wildman–Crippen LogP) is 2.89. The molecule has 0 fully saturated rings. The standard InChI is InChI=1S/C14H10O3/c1-2-8-7-17-14-10-6-4-3-5-9(10)12(15)13(16)11(8)14/h3-7H,2H2,1H3. The van der Waals surface area contributed by atoms with Crippen molar-refractivity contribution in [1.29, 1.82) is 0 Å². The summed E-state index contributed by atoms with van der Waals surface area (Å²) in [7, 11) is 0. The summed E-state index contributed by atoms with van der Waals surface area (Å²) in [4.78, 5) is 24.0. The van der Waals surface area contributed by atoms with Crippen LogP contribution in [0, 0.1) is 0 Å². The summed E-state index contributed by atoms with van der Waals surface area (Å²) in [5.74, 6) is -0.365. The van der Waals surface area contributed by atoms with E-state index in [2.05, 4.69) is 0 Å². The van der Waals surface area contributed by atoms with Gasteiger partial charge in [-0.1, -0.05) is 31.2 Å². The lowest BCUT2D eigenvalue weighted by atomic mass is 9.87. The smallest absolute Gasteiger partial charge is 0.237 e. The van der Waals surface area contributed by atoms with Gasteiger partial charge in [-0.25, -0.2) is 0 Å². The maximum Gasteiger partial charge on any atom is 0.237 e. The molecule has 1 aliphatic rings. The van der Waals surface area contributed by atoms with Crippen molar-refractivity contribution in [3.63, 3.8) is 0 Å². The van der Waals surface area contributed by atoms with E-state index in [-0.39, 0.29) is 0 Å². The highest BCUT2D eigenvalue weighted by atomic mass is 16.3. The molecule has 3 nitrogen and oxygen atoms in total. The normalized spacial score (nSPS) is 13.5. The van der Waals surface area contributed by atoms with Gasteiger partial charge >= 0.3 is 0 Å². The molecule has 0 spiro atoms. The topological polar surface area (TPSA) is 47.3 Å². The van der Waals surface area contributed by atoms with Crippen molar-refractivity contribution in [2.75, 3.05) is 0 Å². The number of aryl methyl sites for hydroxylation is 1.